The molecule has 2 N–H and O–H groups in total. The van der Waals surface area contributed by atoms with Gasteiger partial charge in [0.1, 0.15) is 17.2 Å². The summed E-state index contributed by atoms with van der Waals surface area (Å²) in [6, 6.07) is 5.52. The summed E-state index contributed by atoms with van der Waals surface area (Å²) < 4.78 is 11.1. The van der Waals surface area contributed by atoms with Crippen LogP contribution >= 0.6 is 0 Å². The highest BCUT2D eigenvalue weighted by Crippen LogP contribution is 2.37. The molecule has 164 valence electrons. The molecule has 1 atom stereocenters. The molecule has 0 radical (unpaired) electrons. The minimum atomic E-state index is -0.0409. The van der Waals surface area contributed by atoms with Gasteiger partial charge in [-0.05, 0) is 26.7 Å². The van der Waals surface area contributed by atoms with E-state index in [1.54, 1.807) is 25.6 Å². The van der Waals surface area contributed by atoms with E-state index in [1.165, 1.54) is 0 Å². The van der Waals surface area contributed by atoms with Crippen LogP contribution in [0.3, 0.4) is 0 Å². The van der Waals surface area contributed by atoms with Gasteiger partial charge in [0.25, 0.3) is 0 Å². The van der Waals surface area contributed by atoms with E-state index in [1.807, 2.05) is 26.0 Å². The molecule has 5 rings (SSSR count). The van der Waals surface area contributed by atoms with Gasteiger partial charge in [-0.25, -0.2) is 0 Å². The summed E-state index contributed by atoms with van der Waals surface area (Å²) in [5.41, 5.74) is 3.13. The van der Waals surface area contributed by atoms with Crippen molar-refractivity contribution in [3.63, 3.8) is 0 Å². The van der Waals surface area contributed by atoms with Crippen molar-refractivity contribution in [3.8, 4) is 17.3 Å². The van der Waals surface area contributed by atoms with Crippen molar-refractivity contribution in [1.82, 2.24) is 35.3 Å². The van der Waals surface area contributed by atoms with E-state index in [0.717, 1.165) is 36.5 Å². The molecular formula is C21H23N9O2. The molecule has 1 saturated heterocycles. The zero-order valence-corrected chi connectivity index (χ0v) is 18.0. The van der Waals surface area contributed by atoms with E-state index in [9.17, 15) is 0 Å². The van der Waals surface area contributed by atoms with Crippen molar-refractivity contribution in [2.75, 3.05) is 23.9 Å². The quantitative estimate of drug-likeness (QED) is 0.466. The van der Waals surface area contributed by atoms with Crippen LogP contribution in [0.25, 0.3) is 11.4 Å². The zero-order chi connectivity index (χ0) is 22.1. The van der Waals surface area contributed by atoms with E-state index in [0.29, 0.717) is 34.9 Å². The summed E-state index contributed by atoms with van der Waals surface area (Å²) in [5.74, 6) is 3.02. The Morgan fingerprint density at radius 3 is 2.78 bits per heavy atom. The van der Waals surface area contributed by atoms with Crippen LogP contribution in [0.2, 0.25) is 0 Å². The number of methoxy groups -OCH3 is 1. The summed E-state index contributed by atoms with van der Waals surface area (Å²) in [4.78, 5) is 20.1. The smallest absolute Gasteiger partial charge is 0.231 e. The molecule has 0 bridgehead atoms. The standard InChI is InChI=1S/C21H23N9O2/c1-12-9-18(28-27-12)24-17-11-19(31-3)26-21(25-17)30-8-4-5-15(30)16-10-14(29-32-16)20-13(2)22-6-7-23-20/h6-7,9-11,15H,4-5,8H2,1-3H3,(H2,24,25,26,27,28)/t15-/m0/s1. The second-order valence-electron chi connectivity index (χ2n) is 7.61. The van der Waals surface area contributed by atoms with Gasteiger partial charge in [0.2, 0.25) is 11.8 Å². The Bertz CT molecular complexity index is 1240. The first kappa shape index (κ1) is 19.9. The maximum atomic E-state index is 5.72. The molecule has 11 heteroatoms. The molecular weight excluding hydrogens is 410 g/mol. The lowest BCUT2D eigenvalue weighted by Gasteiger charge is -2.23. The lowest BCUT2D eigenvalue weighted by atomic mass is 10.1. The average Bonchev–Trinajstić information content (AvgIpc) is 3.54. The number of ether oxygens (including phenoxy) is 1. The maximum absolute atomic E-state index is 5.72. The first-order chi connectivity index (χ1) is 15.6. The molecule has 0 unspecified atom stereocenters. The van der Waals surface area contributed by atoms with Crippen LogP contribution in [-0.2, 0) is 0 Å². The predicted octanol–water partition coefficient (Wildman–Crippen LogP) is 3.36. The third kappa shape index (κ3) is 3.84. The summed E-state index contributed by atoms with van der Waals surface area (Å²) in [7, 11) is 1.59. The molecule has 0 aliphatic carbocycles. The van der Waals surface area contributed by atoms with Crippen LogP contribution in [-0.4, -0.2) is 48.9 Å². The zero-order valence-electron chi connectivity index (χ0n) is 18.0. The van der Waals surface area contributed by atoms with Gasteiger partial charge in [0.05, 0.1) is 18.8 Å². The predicted molar refractivity (Wildman–Crippen MR) is 117 cm³/mol. The van der Waals surface area contributed by atoms with Crippen LogP contribution in [0.15, 0.2) is 35.1 Å². The molecule has 0 aromatic carbocycles. The number of rotatable bonds is 6. The van der Waals surface area contributed by atoms with Crippen LogP contribution in [0.1, 0.15) is 36.0 Å². The molecule has 11 nitrogen and oxygen atoms in total. The Hall–Kier alpha value is -4.02. The number of anilines is 3. The first-order valence-corrected chi connectivity index (χ1v) is 10.3. The SMILES string of the molecule is COc1cc(Nc2cc(C)[nH]n2)nc(N2CCC[C@H]2c2cc(-c3nccnc3C)no2)n1. The van der Waals surface area contributed by atoms with Crippen molar-refractivity contribution in [2.45, 2.75) is 32.7 Å². The maximum Gasteiger partial charge on any atom is 0.231 e. The number of hydrogen-bond donors (Lipinski definition) is 2. The largest absolute Gasteiger partial charge is 0.481 e. The van der Waals surface area contributed by atoms with Gasteiger partial charge in [-0.2, -0.15) is 15.1 Å². The van der Waals surface area contributed by atoms with Crippen molar-refractivity contribution in [1.29, 1.82) is 0 Å². The Morgan fingerprint density at radius 1 is 1.12 bits per heavy atom. The lowest BCUT2D eigenvalue weighted by molar-refractivity contribution is 0.361. The fourth-order valence-electron chi connectivity index (χ4n) is 3.84. The summed E-state index contributed by atoms with van der Waals surface area (Å²) in [6.07, 6.45) is 5.19. The number of aromatic amines is 1. The minimum absolute atomic E-state index is 0.0409. The van der Waals surface area contributed by atoms with Crippen molar-refractivity contribution < 1.29 is 9.26 Å². The monoisotopic (exact) mass is 433 g/mol. The highest BCUT2D eigenvalue weighted by Gasteiger charge is 2.32. The van der Waals surface area contributed by atoms with E-state index in [2.05, 4.69) is 40.5 Å². The van der Waals surface area contributed by atoms with Gasteiger partial charge < -0.3 is 19.5 Å². The van der Waals surface area contributed by atoms with Crippen molar-refractivity contribution in [2.24, 2.45) is 0 Å². The second kappa shape index (κ2) is 8.25. The van der Waals surface area contributed by atoms with Gasteiger partial charge in [0.15, 0.2) is 11.6 Å². The summed E-state index contributed by atoms with van der Waals surface area (Å²) in [5, 5.41) is 14.6. The number of hydrogen-bond acceptors (Lipinski definition) is 10. The van der Waals surface area contributed by atoms with Gasteiger partial charge in [-0.15, -0.1) is 0 Å². The Morgan fingerprint density at radius 2 is 2.00 bits per heavy atom. The third-order valence-electron chi connectivity index (χ3n) is 5.35. The van der Waals surface area contributed by atoms with Gasteiger partial charge in [-0.3, -0.25) is 15.1 Å². The summed E-state index contributed by atoms with van der Waals surface area (Å²) >= 11 is 0. The van der Waals surface area contributed by atoms with Crippen LogP contribution in [0.4, 0.5) is 17.6 Å². The number of nitrogens with zero attached hydrogens (tertiary/aromatic N) is 7. The lowest BCUT2D eigenvalue weighted by Crippen LogP contribution is -2.24. The van der Waals surface area contributed by atoms with Gasteiger partial charge in [-0.1, -0.05) is 5.16 Å². The molecule has 0 spiro atoms. The molecule has 0 saturated carbocycles. The van der Waals surface area contributed by atoms with Crippen LogP contribution in [0, 0.1) is 13.8 Å². The second-order valence-corrected chi connectivity index (χ2v) is 7.61. The average molecular weight is 433 g/mol. The minimum Gasteiger partial charge on any atom is -0.481 e. The number of aromatic nitrogens is 7. The van der Waals surface area contributed by atoms with Gasteiger partial charge >= 0.3 is 0 Å². The van der Waals surface area contributed by atoms with Crippen molar-refractivity contribution in [3.05, 3.63) is 47.7 Å². The molecule has 32 heavy (non-hydrogen) atoms. The summed E-state index contributed by atoms with van der Waals surface area (Å²) in [6.45, 7) is 4.63. The first-order valence-electron chi connectivity index (χ1n) is 10.3. The molecule has 4 aromatic rings. The molecule has 0 amide bonds. The van der Waals surface area contributed by atoms with Crippen molar-refractivity contribution >= 4 is 17.6 Å². The Balaban J connectivity index is 1.44. The number of aryl methyl sites for hydroxylation is 2. The van der Waals surface area contributed by atoms with E-state index >= 15 is 0 Å². The Labute approximate surface area is 184 Å². The van der Waals surface area contributed by atoms with E-state index in [-0.39, 0.29) is 6.04 Å². The fourth-order valence-corrected chi connectivity index (χ4v) is 3.84. The van der Waals surface area contributed by atoms with E-state index in [4.69, 9.17) is 14.2 Å². The van der Waals surface area contributed by atoms with Gasteiger partial charge in [0, 0.05) is 42.8 Å². The van der Waals surface area contributed by atoms with Crippen LogP contribution in [0.5, 0.6) is 5.88 Å². The third-order valence-corrected chi connectivity index (χ3v) is 5.35. The van der Waals surface area contributed by atoms with E-state index < -0.39 is 0 Å². The fraction of sp³-hybridized carbons (Fsp3) is 0.333. The van der Waals surface area contributed by atoms with Crippen LogP contribution < -0.4 is 15.0 Å². The highest BCUT2D eigenvalue weighted by atomic mass is 16.5. The molecule has 1 aliphatic heterocycles. The molecule has 1 fully saturated rings. The normalized spacial score (nSPS) is 15.8. The topological polar surface area (TPSA) is 131 Å². The molecule has 1 aliphatic rings. The molecule has 5 heterocycles. The number of nitrogens with one attached hydrogen (secondary N) is 2. The Kier molecular flexibility index (Phi) is 5.13. The molecule has 4 aromatic heterocycles. The number of H-pyrrole nitrogens is 1. The highest BCUT2D eigenvalue weighted by molar-refractivity contribution is 5.58.